The molecular weight excluding hydrogens is 294 g/mol. The van der Waals surface area contributed by atoms with Crippen LogP contribution in [0.3, 0.4) is 0 Å². The first-order valence-electron chi connectivity index (χ1n) is 7.96. The van der Waals surface area contributed by atoms with E-state index >= 15 is 0 Å². The molecule has 1 saturated heterocycles. The van der Waals surface area contributed by atoms with Gasteiger partial charge in [-0.15, -0.1) is 11.3 Å². The molecule has 0 spiro atoms. The predicted octanol–water partition coefficient (Wildman–Crippen LogP) is 2.44. The molecule has 2 aromatic rings. The minimum absolute atomic E-state index is 0.522. The molecule has 0 unspecified atom stereocenters. The third-order valence-electron chi connectivity index (χ3n) is 4.24. The summed E-state index contributed by atoms with van der Waals surface area (Å²) in [6.45, 7) is 6.77. The monoisotopic (exact) mass is 319 g/mol. The van der Waals surface area contributed by atoms with E-state index in [4.69, 9.17) is 0 Å². The van der Waals surface area contributed by atoms with Crippen molar-refractivity contribution in [1.29, 1.82) is 0 Å². The van der Waals surface area contributed by atoms with Gasteiger partial charge in [-0.2, -0.15) is 0 Å². The Labute approximate surface area is 136 Å². The number of hydrogen-bond acceptors (Lipinski definition) is 6. The Morgan fingerprint density at radius 1 is 1.32 bits per heavy atom. The normalized spacial score (nSPS) is 17.5. The van der Waals surface area contributed by atoms with Crippen LogP contribution in [-0.4, -0.2) is 66.1 Å². The van der Waals surface area contributed by atoms with Gasteiger partial charge in [-0.3, -0.25) is 0 Å². The van der Waals surface area contributed by atoms with E-state index in [0.717, 1.165) is 17.2 Å². The van der Waals surface area contributed by atoms with Gasteiger partial charge in [0.2, 0.25) is 0 Å². The van der Waals surface area contributed by atoms with Crippen LogP contribution in [0.25, 0.3) is 10.2 Å². The lowest BCUT2D eigenvalue weighted by Crippen LogP contribution is -2.41. The van der Waals surface area contributed by atoms with E-state index in [9.17, 15) is 0 Å². The smallest absolute Gasteiger partial charge is 0.138 e. The maximum atomic E-state index is 4.46. The molecule has 1 aliphatic heterocycles. The van der Waals surface area contributed by atoms with Crippen LogP contribution in [0.4, 0.5) is 5.82 Å². The Balaban J connectivity index is 1.58. The Bertz CT molecular complexity index is 616. The van der Waals surface area contributed by atoms with E-state index in [2.05, 4.69) is 52.2 Å². The average molecular weight is 319 g/mol. The van der Waals surface area contributed by atoms with Gasteiger partial charge in [0.05, 0.1) is 5.39 Å². The summed E-state index contributed by atoms with van der Waals surface area (Å²) in [4.78, 5) is 16.0. The molecule has 22 heavy (non-hydrogen) atoms. The predicted molar refractivity (Wildman–Crippen MR) is 93.8 cm³/mol. The molecule has 0 aliphatic carbocycles. The Morgan fingerprint density at radius 3 is 2.82 bits per heavy atom. The van der Waals surface area contributed by atoms with Crippen LogP contribution < -0.4 is 5.32 Å². The highest BCUT2D eigenvalue weighted by Gasteiger charge is 2.20. The third-order valence-corrected chi connectivity index (χ3v) is 5.20. The minimum Gasteiger partial charge on any atom is -0.367 e. The number of aryl methyl sites for hydroxylation is 1. The zero-order valence-electron chi connectivity index (χ0n) is 13.7. The summed E-state index contributed by atoms with van der Waals surface area (Å²) in [6, 6.07) is 2.71. The van der Waals surface area contributed by atoms with Crippen LogP contribution in [0.1, 0.15) is 17.7 Å². The molecule has 0 bridgehead atoms. The topological polar surface area (TPSA) is 44.3 Å². The number of aromatic nitrogens is 2. The van der Waals surface area contributed by atoms with E-state index in [0.29, 0.717) is 6.04 Å². The second-order valence-electron chi connectivity index (χ2n) is 6.36. The summed E-state index contributed by atoms with van der Waals surface area (Å²) in [6.07, 6.45) is 4.04. The standard InChI is InChI=1S/C16H25N5S/c1-12-10-14-15(17-11-18-16(14)22-12)19-13-4-6-21(7-5-13)9-8-20(2)3/h10-11,13H,4-9H2,1-3H3,(H,17,18,19). The summed E-state index contributed by atoms with van der Waals surface area (Å²) in [7, 11) is 4.27. The van der Waals surface area contributed by atoms with E-state index in [1.54, 1.807) is 17.7 Å². The van der Waals surface area contributed by atoms with Crippen molar-refractivity contribution in [3.8, 4) is 0 Å². The number of fused-ring (bicyclic) bond motifs is 1. The van der Waals surface area contributed by atoms with Crippen molar-refractivity contribution in [2.45, 2.75) is 25.8 Å². The minimum atomic E-state index is 0.522. The second-order valence-corrected chi connectivity index (χ2v) is 7.60. The van der Waals surface area contributed by atoms with Crippen LogP contribution in [0.5, 0.6) is 0 Å². The number of likely N-dealkylation sites (N-methyl/N-ethyl adjacent to an activating group) is 1. The number of anilines is 1. The summed E-state index contributed by atoms with van der Waals surface area (Å²) in [5, 5.41) is 4.81. The van der Waals surface area contributed by atoms with E-state index < -0.39 is 0 Å². The molecule has 6 heteroatoms. The summed E-state index contributed by atoms with van der Waals surface area (Å²) in [5.41, 5.74) is 0. The maximum Gasteiger partial charge on any atom is 0.138 e. The first-order valence-corrected chi connectivity index (χ1v) is 8.78. The fourth-order valence-corrected chi connectivity index (χ4v) is 3.77. The molecule has 0 atom stereocenters. The molecule has 1 aliphatic rings. The van der Waals surface area contributed by atoms with Gasteiger partial charge in [0, 0.05) is 37.1 Å². The van der Waals surface area contributed by atoms with E-state index in [-0.39, 0.29) is 0 Å². The molecular formula is C16H25N5S. The van der Waals surface area contributed by atoms with Gasteiger partial charge >= 0.3 is 0 Å². The second kappa shape index (κ2) is 6.89. The van der Waals surface area contributed by atoms with Gasteiger partial charge < -0.3 is 15.1 Å². The van der Waals surface area contributed by atoms with Crippen molar-refractivity contribution >= 4 is 27.4 Å². The summed E-state index contributed by atoms with van der Waals surface area (Å²) < 4.78 is 0. The van der Waals surface area contributed by atoms with Crippen LogP contribution >= 0.6 is 11.3 Å². The van der Waals surface area contributed by atoms with Gasteiger partial charge in [-0.1, -0.05) is 0 Å². The van der Waals surface area contributed by atoms with Crippen molar-refractivity contribution in [1.82, 2.24) is 19.8 Å². The molecule has 0 aromatic carbocycles. The van der Waals surface area contributed by atoms with Gasteiger partial charge in [0.15, 0.2) is 0 Å². The molecule has 3 rings (SSSR count). The fourth-order valence-electron chi connectivity index (χ4n) is 2.93. The number of nitrogens with zero attached hydrogens (tertiary/aromatic N) is 4. The molecule has 0 amide bonds. The number of piperidine rings is 1. The molecule has 1 N–H and O–H groups in total. The van der Waals surface area contributed by atoms with Gasteiger partial charge in [-0.25, -0.2) is 9.97 Å². The zero-order chi connectivity index (χ0) is 15.5. The van der Waals surface area contributed by atoms with Crippen LogP contribution in [0.2, 0.25) is 0 Å². The van der Waals surface area contributed by atoms with Crippen LogP contribution in [0.15, 0.2) is 12.4 Å². The quantitative estimate of drug-likeness (QED) is 0.917. The first-order chi connectivity index (χ1) is 10.6. The molecule has 5 nitrogen and oxygen atoms in total. The lowest BCUT2D eigenvalue weighted by atomic mass is 10.0. The summed E-state index contributed by atoms with van der Waals surface area (Å²) in [5.74, 6) is 1.00. The first kappa shape index (κ1) is 15.6. The highest BCUT2D eigenvalue weighted by molar-refractivity contribution is 7.18. The van der Waals surface area contributed by atoms with Gasteiger partial charge in [0.25, 0.3) is 0 Å². The molecule has 2 aromatic heterocycles. The largest absolute Gasteiger partial charge is 0.367 e. The summed E-state index contributed by atoms with van der Waals surface area (Å²) >= 11 is 1.73. The molecule has 0 radical (unpaired) electrons. The lowest BCUT2D eigenvalue weighted by molar-refractivity contribution is 0.199. The highest BCUT2D eigenvalue weighted by atomic mass is 32.1. The Hall–Kier alpha value is -1.24. The van der Waals surface area contributed by atoms with Crippen LogP contribution in [-0.2, 0) is 0 Å². The van der Waals surface area contributed by atoms with Crippen molar-refractivity contribution in [2.75, 3.05) is 45.6 Å². The SMILES string of the molecule is Cc1cc2c(NC3CCN(CCN(C)C)CC3)ncnc2s1. The van der Waals surface area contributed by atoms with E-state index in [1.165, 1.54) is 42.7 Å². The molecule has 3 heterocycles. The van der Waals surface area contributed by atoms with Gasteiger partial charge in [0.1, 0.15) is 17.0 Å². The number of rotatable bonds is 5. The fraction of sp³-hybridized carbons (Fsp3) is 0.625. The van der Waals surface area contributed by atoms with Crippen molar-refractivity contribution in [3.63, 3.8) is 0 Å². The number of likely N-dealkylation sites (tertiary alicyclic amines) is 1. The van der Waals surface area contributed by atoms with Crippen molar-refractivity contribution < 1.29 is 0 Å². The number of nitrogens with one attached hydrogen (secondary N) is 1. The zero-order valence-corrected chi connectivity index (χ0v) is 14.5. The lowest BCUT2D eigenvalue weighted by Gasteiger charge is -2.33. The number of thiophene rings is 1. The molecule has 1 fully saturated rings. The highest BCUT2D eigenvalue weighted by Crippen LogP contribution is 2.28. The van der Waals surface area contributed by atoms with E-state index in [1.807, 2.05) is 0 Å². The molecule has 120 valence electrons. The van der Waals surface area contributed by atoms with Crippen molar-refractivity contribution in [2.24, 2.45) is 0 Å². The average Bonchev–Trinajstić information content (AvgIpc) is 2.88. The Morgan fingerprint density at radius 2 is 2.09 bits per heavy atom. The third kappa shape index (κ3) is 3.74. The van der Waals surface area contributed by atoms with Gasteiger partial charge in [-0.05, 0) is 39.9 Å². The number of hydrogen-bond donors (Lipinski definition) is 1. The van der Waals surface area contributed by atoms with Crippen molar-refractivity contribution in [3.05, 3.63) is 17.3 Å². The van der Waals surface area contributed by atoms with Crippen LogP contribution in [0, 0.1) is 6.92 Å². The Kier molecular flexibility index (Phi) is 4.90. The molecule has 0 saturated carbocycles. The maximum absolute atomic E-state index is 4.46.